The van der Waals surface area contributed by atoms with Crippen LogP contribution in [0, 0.1) is 11.3 Å². The third-order valence-electron chi connectivity index (χ3n) is 2.73. The molecule has 0 unspecified atom stereocenters. The van der Waals surface area contributed by atoms with Crippen molar-refractivity contribution in [2.45, 2.75) is 0 Å². The van der Waals surface area contributed by atoms with Crippen molar-refractivity contribution in [3.05, 3.63) is 58.1 Å². The predicted octanol–water partition coefficient (Wildman–Crippen LogP) is 4.03. The first-order chi connectivity index (χ1) is 11.1. The van der Waals surface area contributed by atoms with Crippen LogP contribution in [0.1, 0.15) is 5.56 Å². The highest BCUT2D eigenvalue weighted by Gasteiger charge is 2.08. The Morgan fingerprint density at radius 1 is 1.17 bits per heavy atom. The van der Waals surface area contributed by atoms with Crippen LogP contribution in [-0.4, -0.2) is 19.2 Å². The van der Waals surface area contributed by atoms with Gasteiger partial charge in [0.2, 0.25) is 0 Å². The number of rotatable bonds is 5. The van der Waals surface area contributed by atoms with E-state index < -0.39 is 6.09 Å². The minimum Gasteiger partial charge on any atom is -0.490 e. The van der Waals surface area contributed by atoms with Gasteiger partial charge in [-0.25, -0.2) is 4.79 Å². The molecule has 1 N–H and O–H groups in total. The number of carbonyl (C=O) groups excluding carboxylic acids is 1. The number of nitrogens with zero attached hydrogens (tertiary/aromatic N) is 1. The molecule has 0 saturated heterocycles. The zero-order valence-corrected chi connectivity index (χ0v) is 13.4. The molecule has 0 atom stereocenters. The first-order valence-corrected chi connectivity index (χ1v) is 7.38. The zero-order chi connectivity index (χ0) is 16.7. The van der Waals surface area contributed by atoms with Crippen molar-refractivity contribution in [3.8, 4) is 17.6 Å². The monoisotopic (exact) mass is 350 g/mol. The molecular weight excluding hydrogens is 339 g/mol. The van der Waals surface area contributed by atoms with Crippen LogP contribution in [0.25, 0.3) is 0 Å². The highest BCUT2D eigenvalue weighted by Crippen LogP contribution is 2.27. The van der Waals surface area contributed by atoms with Crippen molar-refractivity contribution >= 4 is 29.3 Å². The summed E-state index contributed by atoms with van der Waals surface area (Å²) in [5, 5.41) is 12.3. The minimum atomic E-state index is -0.668. The number of amides is 1. The average Bonchev–Trinajstić information content (AvgIpc) is 2.53. The van der Waals surface area contributed by atoms with E-state index in [2.05, 4.69) is 5.32 Å². The third-order valence-corrected chi connectivity index (χ3v) is 3.26. The van der Waals surface area contributed by atoms with Gasteiger partial charge >= 0.3 is 6.09 Å². The predicted molar refractivity (Wildman–Crippen MR) is 87.1 cm³/mol. The molecule has 0 fully saturated rings. The molecule has 0 heterocycles. The standard InChI is InChI=1S/C16H12Cl2N2O3/c17-12-5-6-15(13(18)9-12)22-8-7-20-16(21)23-14-4-2-1-3-11(14)10-19/h1-6,9H,7-8H2,(H,20,21). The Morgan fingerprint density at radius 3 is 2.70 bits per heavy atom. The number of benzene rings is 2. The van der Waals surface area contributed by atoms with Crippen LogP contribution in [0.3, 0.4) is 0 Å². The molecule has 0 bridgehead atoms. The molecule has 1 amide bonds. The number of nitriles is 1. The number of hydrogen-bond donors (Lipinski definition) is 1. The van der Waals surface area contributed by atoms with Crippen molar-refractivity contribution in [3.63, 3.8) is 0 Å². The second kappa shape index (κ2) is 8.28. The van der Waals surface area contributed by atoms with E-state index in [0.717, 1.165) is 0 Å². The van der Waals surface area contributed by atoms with Crippen LogP contribution in [0.15, 0.2) is 42.5 Å². The van der Waals surface area contributed by atoms with Crippen LogP contribution in [0.4, 0.5) is 4.79 Å². The van der Waals surface area contributed by atoms with E-state index in [4.69, 9.17) is 37.9 Å². The maximum atomic E-state index is 11.7. The Morgan fingerprint density at radius 2 is 1.96 bits per heavy atom. The van der Waals surface area contributed by atoms with Crippen molar-refractivity contribution in [1.82, 2.24) is 5.32 Å². The number of carbonyl (C=O) groups is 1. The van der Waals surface area contributed by atoms with Gasteiger partial charge in [0.05, 0.1) is 17.1 Å². The Bertz CT molecular complexity index is 744. The van der Waals surface area contributed by atoms with E-state index >= 15 is 0 Å². The molecule has 0 aromatic heterocycles. The molecule has 2 rings (SSSR count). The van der Waals surface area contributed by atoms with Gasteiger partial charge in [0.15, 0.2) is 5.75 Å². The number of para-hydroxylation sites is 1. The molecule has 0 radical (unpaired) electrons. The topological polar surface area (TPSA) is 71.3 Å². The molecule has 118 valence electrons. The molecule has 5 nitrogen and oxygen atoms in total. The zero-order valence-electron chi connectivity index (χ0n) is 11.9. The normalized spacial score (nSPS) is 9.78. The highest BCUT2D eigenvalue weighted by molar-refractivity contribution is 6.35. The molecule has 0 aliphatic carbocycles. The van der Waals surface area contributed by atoms with Crippen LogP contribution in [-0.2, 0) is 0 Å². The second-order valence-corrected chi connectivity index (χ2v) is 5.19. The van der Waals surface area contributed by atoms with Gasteiger partial charge in [0.25, 0.3) is 0 Å². The van der Waals surface area contributed by atoms with Gasteiger partial charge in [0, 0.05) is 5.02 Å². The van der Waals surface area contributed by atoms with E-state index in [1.807, 2.05) is 6.07 Å². The molecule has 7 heteroatoms. The third kappa shape index (κ3) is 5.06. The number of hydrogen-bond acceptors (Lipinski definition) is 4. The van der Waals surface area contributed by atoms with Crippen LogP contribution in [0.2, 0.25) is 10.0 Å². The Balaban J connectivity index is 1.78. The van der Waals surface area contributed by atoms with Gasteiger partial charge in [-0.05, 0) is 30.3 Å². The number of nitrogens with one attached hydrogen (secondary N) is 1. The highest BCUT2D eigenvalue weighted by atomic mass is 35.5. The first-order valence-electron chi connectivity index (χ1n) is 6.63. The number of ether oxygens (including phenoxy) is 2. The molecule has 2 aromatic rings. The maximum absolute atomic E-state index is 11.7. The molecule has 23 heavy (non-hydrogen) atoms. The van der Waals surface area contributed by atoms with Gasteiger partial charge in [0.1, 0.15) is 18.4 Å². The van der Waals surface area contributed by atoms with Gasteiger partial charge < -0.3 is 14.8 Å². The minimum absolute atomic E-state index is 0.203. The summed E-state index contributed by atoms with van der Waals surface area (Å²) in [6, 6.07) is 13.3. The van der Waals surface area contributed by atoms with E-state index in [-0.39, 0.29) is 24.5 Å². The Labute approximate surface area is 143 Å². The summed E-state index contributed by atoms with van der Waals surface area (Å²) in [5.74, 6) is 0.676. The van der Waals surface area contributed by atoms with Crippen LogP contribution in [0.5, 0.6) is 11.5 Å². The Kier molecular flexibility index (Phi) is 6.10. The lowest BCUT2D eigenvalue weighted by molar-refractivity contribution is 0.197. The van der Waals surface area contributed by atoms with Gasteiger partial charge in [-0.2, -0.15) is 5.26 Å². The summed E-state index contributed by atoms with van der Waals surface area (Å²) < 4.78 is 10.5. The average molecular weight is 351 g/mol. The summed E-state index contributed by atoms with van der Waals surface area (Å²) in [6.45, 7) is 0.420. The fourth-order valence-electron chi connectivity index (χ4n) is 1.69. The summed E-state index contributed by atoms with van der Waals surface area (Å²) in [5.41, 5.74) is 0.284. The van der Waals surface area contributed by atoms with Crippen molar-refractivity contribution in [2.24, 2.45) is 0 Å². The first kappa shape index (κ1) is 16.9. The van der Waals surface area contributed by atoms with Crippen molar-refractivity contribution in [1.29, 1.82) is 5.26 Å². The lowest BCUT2D eigenvalue weighted by atomic mass is 10.2. The van der Waals surface area contributed by atoms with E-state index in [1.54, 1.807) is 42.5 Å². The molecule has 0 aliphatic heterocycles. The fraction of sp³-hybridized carbons (Fsp3) is 0.125. The molecule has 0 saturated carbocycles. The maximum Gasteiger partial charge on any atom is 0.412 e. The SMILES string of the molecule is N#Cc1ccccc1OC(=O)NCCOc1ccc(Cl)cc1Cl. The lowest BCUT2D eigenvalue weighted by Gasteiger charge is -2.10. The van der Waals surface area contributed by atoms with Crippen molar-refractivity contribution in [2.75, 3.05) is 13.2 Å². The summed E-state index contributed by atoms with van der Waals surface area (Å²) >= 11 is 11.7. The van der Waals surface area contributed by atoms with Crippen LogP contribution < -0.4 is 14.8 Å². The van der Waals surface area contributed by atoms with Gasteiger partial charge in [-0.15, -0.1) is 0 Å². The van der Waals surface area contributed by atoms with E-state index in [1.165, 1.54) is 0 Å². The Hall–Kier alpha value is -2.42. The van der Waals surface area contributed by atoms with E-state index in [9.17, 15) is 4.79 Å². The largest absolute Gasteiger partial charge is 0.490 e. The molecule has 0 aliphatic rings. The van der Waals surface area contributed by atoms with Crippen LogP contribution >= 0.6 is 23.2 Å². The van der Waals surface area contributed by atoms with E-state index in [0.29, 0.717) is 15.8 Å². The second-order valence-electron chi connectivity index (χ2n) is 4.35. The fourth-order valence-corrected chi connectivity index (χ4v) is 2.15. The summed E-state index contributed by atoms with van der Waals surface area (Å²) in [7, 11) is 0. The van der Waals surface area contributed by atoms with Gasteiger partial charge in [-0.3, -0.25) is 0 Å². The quantitative estimate of drug-likeness (QED) is 0.826. The van der Waals surface area contributed by atoms with Crippen molar-refractivity contribution < 1.29 is 14.3 Å². The smallest absolute Gasteiger partial charge is 0.412 e. The molecular formula is C16H12Cl2N2O3. The summed E-state index contributed by atoms with van der Waals surface area (Å²) in [6.07, 6.45) is -0.668. The lowest BCUT2D eigenvalue weighted by Crippen LogP contribution is -2.30. The molecule has 0 spiro atoms. The number of halogens is 2. The van der Waals surface area contributed by atoms with Gasteiger partial charge in [-0.1, -0.05) is 35.3 Å². The summed E-state index contributed by atoms with van der Waals surface area (Å²) in [4.78, 5) is 11.7. The molecule has 2 aromatic carbocycles.